The third-order valence-corrected chi connectivity index (χ3v) is 3.90. The number of ether oxygens (including phenoxy) is 3. The molecule has 0 aliphatic rings. The minimum atomic E-state index is -0.970. The van der Waals surface area contributed by atoms with Crippen molar-refractivity contribution in [2.45, 2.75) is 13.8 Å². The van der Waals surface area contributed by atoms with Crippen LogP contribution in [-0.2, 0) is 4.79 Å². The molecular weight excluding hydrogens is 332 g/mol. The van der Waals surface area contributed by atoms with Crippen LogP contribution in [0.4, 0.5) is 0 Å². The molecule has 2 aromatic carbocycles. The van der Waals surface area contributed by atoms with Crippen molar-refractivity contribution in [2.75, 3.05) is 20.8 Å². The zero-order chi connectivity index (χ0) is 19.2. The summed E-state index contributed by atoms with van der Waals surface area (Å²) in [5.74, 6) is 1.11. The zero-order valence-corrected chi connectivity index (χ0v) is 15.5. The van der Waals surface area contributed by atoms with Crippen LogP contribution >= 0.6 is 0 Å². The zero-order valence-electron chi connectivity index (χ0n) is 15.5. The Kier molecular flexibility index (Phi) is 6.28. The highest BCUT2D eigenvalue weighted by molar-refractivity contribution is 5.74. The third kappa shape index (κ3) is 5.28. The molecule has 1 N–H and O–H groups in total. The third-order valence-electron chi connectivity index (χ3n) is 3.90. The van der Waals surface area contributed by atoms with Crippen molar-refractivity contribution in [3.63, 3.8) is 0 Å². The molecule has 0 amide bonds. The lowest BCUT2D eigenvalue weighted by Gasteiger charge is -2.20. The number of benzene rings is 2. The molecule has 0 aromatic heterocycles. The molecule has 2 rings (SSSR count). The lowest BCUT2D eigenvalue weighted by atomic mass is 9.95. The van der Waals surface area contributed by atoms with Gasteiger partial charge in [0.15, 0.2) is 0 Å². The average molecular weight is 356 g/mol. The molecule has 0 atom stereocenters. The van der Waals surface area contributed by atoms with E-state index in [0.29, 0.717) is 11.5 Å². The molecule has 0 heterocycles. The topological polar surface area (TPSA) is 65.0 Å². The largest absolute Gasteiger partial charge is 0.497 e. The highest BCUT2D eigenvalue weighted by Crippen LogP contribution is 2.26. The van der Waals surface area contributed by atoms with Crippen LogP contribution in [0.25, 0.3) is 12.2 Å². The molecule has 2 aromatic rings. The number of rotatable bonds is 8. The highest BCUT2D eigenvalue weighted by Gasteiger charge is 2.28. The standard InChI is InChI=1S/C21H24O5/c1-21(2,20(22)23)14-26-19-12-16(11-18(13-19)25-4)6-5-15-7-9-17(24-3)10-8-15/h5-13H,14H2,1-4H3,(H,22,23)/b6-5+. The molecule has 0 saturated heterocycles. The van der Waals surface area contributed by atoms with Crippen LogP contribution in [-0.4, -0.2) is 31.9 Å². The Bertz CT molecular complexity index is 775. The van der Waals surface area contributed by atoms with E-state index >= 15 is 0 Å². The fraction of sp³-hybridized carbons (Fsp3) is 0.286. The molecule has 0 aliphatic heterocycles. The van der Waals surface area contributed by atoms with Crippen LogP contribution < -0.4 is 14.2 Å². The number of aliphatic carboxylic acids is 1. The maximum atomic E-state index is 11.2. The van der Waals surface area contributed by atoms with Crippen LogP contribution in [0.15, 0.2) is 42.5 Å². The first-order valence-corrected chi connectivity index (χ1v) is 8.21. The first kappa shape index (κ1) is 19.4. The van der Waals surface area contributed by atoms with Crippen LogP contribution in [0.2, 0.25) is 0 Å². The van der Waals surface area contributed by atoms with Gasteiger partial charge in [0.25, 0.3) is 0 Å². The van der Waals surface area contributed by atoms with Gasteiger partial charge in [0, 0.05) is 6.07 Å². The number of methoxy groups -OCH3 is 2. The summed E-state index contributed by atoms with van der Waals surface area (Å²) in [4.78, 5) is 11.2. The fourth-order valence-corrected chi connectivity index (χ4v) is 2.12. The summed E-state index contributed by atoms with van der Waals surface area (Å²) in [5, 5.41) is 9.20. The van der Waals surface area contributed by atoms with Gasteiger partial charge in [-0.05, 0) is 49.2 Å². The number of carbonyl (C=O) groups is 1. The fourth-order valence-electron chi connectivity index (χ4n) is 2.12. The summed E-state index contributed by atoms with van der Waals surface area (Å²) in [5.41, 5.74) is 0.953. The lowest BCUT2D eigenvalue weighted by molar-refractivity contribution is -0.148. The summed E-state index contributed by atoms with van der Waals surface area (Å²) in [6.07, 6.45) is 3.92. The summed E-state index contributed by atoms with van der Waals surface area (Å²) < 4.78 is 16.1. The van der Waals surface area contributed by atoms with Gasteiger partial charge < -0.3 is 19.3 Å². The molecule has 26 heavy (non-hydrogen) atoms. The van der Waals surface area contributed by atoms with Gasteiger partial charge in [0.2, 0.25) is 0 Å². The van der Waals surface area contributed by atoms with E-state index in [-0.39, 0.29) is 6.61 Å². The van der Waals surface area contributed by atoms with Gasteiger partial charge in [0.05, 0.1) is 19.6 Å². The molecule has 0 aliphatic carbocycles. The second-order valence-electron chi connectivity index (χ2n) is 6.53. The van der Waals surface area contributed by atoms with Crippen LogP contribution in [0, 0.1) is 5.41 Å². The Morgan fingerprint density at radius 2 is 1.50 bits per heavy atom. The number of hydrogen-bond donors (Lipinski definition) is 1. The molecule has 0 radical (unpaired) electrons. The van der Waals surface area contributed by atoms with Gasteiger partial charge in [-0.1, -0.05) is 24.3 Å². The van der Waals surface area contributed by atoms with Crippen molar-refractivity contribution >= 4 is 18.1 Å². The van der Waals surface area contributed by atoms with Crippen molar-refractivity contribution in [2.24, 2.45) is 5.41 Å². The second kappa shape index (κ2) is 8.43. The Labute approximate surface area is 153 Å². The molecule has 0 saturated carbocycles. The molecular formula is C21H24O5. The summed E-state index contributed by atoms with van der Waals surface area (Å²) in [6.45, 7) is 3.32. The first-order chi connectivity index (χ1) is 12.3. The Balaban J connectivity index is 2.17. The van der Waals surface area contributed by atoms with Crippen molar-refractivity contribution in [3.8, 4) is 17.2 Å². The highest BCUT2D eigenvalue weighted by atomic mass is 16.5. The molecule has 5 nitrogen and oxygen atoms in total. The van der Waals surface area contributed by atoms with E-state index in [1.165, 1.54) is 0 Å². The average Bonchev–Trinajstić information content (AvgIpc) is 2.65. The lowest BCUT2D eigenvalue weighted by Crippen LogP contribution is -2.30. The van der Waals surface area contributed by atoms with Crippen molar-refractivity contribution < 1.29 is 24.1 Å². The maximum Gasteiger partial charge on any atom is 0.312 e. The second-order valence-corrected chi connectivity index (χ2v) is 6.53. The molecule has 5 heteroatoms. The van der Waals surface area contributed by atoms with E-state index in [1.807, 2.05) is 48.6 Å². The Hall–Kier alpha value is -2.95. The molecule has 0 fully saturated rings. The smallest absolute Gasteiger partial charge is 0.312 e. The number of hydrogen-bond acceptors (Lipinski definition) is 4. The summed E-state index contributed by atoms with van der Waals surface area (Å²) >= 11 is 0. The van der Waals surface area contributed by atoms with E-state index in [4.69, 9.17) is 14.2 Å². The van der Waals surface area contributed by atoms with E-state index in [1.54, 1.807) is 34.1 Å². The van der Waals surface area contributed by atoms with Gasteiger partial charge in [-0.25, -0.2) is 0 Å². The normalized spacial score (nSPS) is 11.4. The monoisotopic (exact) mass is 356 g/mol. The van der Waals surface area contributed by atoms with E-state index < -0.39 is 11.4 Å². The van der Waals surface area contributed by atoms with E-state index in [2.05, 4.69) is 0 Å². The summed E-state index contributed by atoms with van der Waals surface area (Å²) in [7, 11) is 3.21. The van der Waals surface area contributed by atoms with Crippen molar-refractivity contribution in [3.05, 3.63) is 53.6 Å². The van der Waals surface area contributed by atoms with Crippen LogP contribution in [0.5, 0.6) is 17.2 Å². The predicted octanol–water partition coefficient (Wildman–Crippen LogP) is 4.36. The Morgan fingerprint density at radius 1 is 0.923 bits per heavy atom. The van der Waals surface area contributed by atoms with Gasteiger partial charge in [-0.15, -0.1) is 0 Å². The predicted molar refractivity (Wildman–Crippen MR) is 102 cm³/mol. The SMILES string of the molecule is COc1ccc(/C=C/c2cc(OC)cc(OCC(C)(C)C(=O)O)c2)cc1. The minimum absolute atomic E-state index is 0.0666. The van der Waals surface area contributed by atoms with E-state index in [9.17, 15) is 9.90 Å². The molecule has 138 valence electrons. The van der Waals surface area contributed by atoms with Crippen LogP contribution in [0.3, 0.4) is 0 Å². The van der Waals surface area contributed by atoms with Gasteiger partial charge in [0.1, 0.15) is 23.9 Å². The van der Waals surface area contributed by atoms with Gasteiger partial charge in [-0.2, -0.15) is 0 Å². The summed E-state index contributed by atoms with van der Waals surface area (Å²) in [6, 6.07) is 13.2. The van der Waals surface area contributed by atoms with Crippen LogP contribution in [0.1, 0.15) is 25.0 Å². The van der Waals surface area contributed by atoms with Crippen molar-refractivity contribution in [1.82, 2.24) is 0 Å². The Morgan fingerprint density at radius 3 is 2.08 bits per heavy atom. The quantitative estimate of drug-likeness (QED) is 0.712. The van der Waals surface area contributed by atoms with Gasteiger partial charge in [-0.3, -0.25) is 4.79 Å². The maximum absolute atomic E-state index is 11.2. The minimum Gasteiger partial charge on any atom is -0.497 e. The van der Waals surface area contributed by atoms with E-state index in [0.717, 1.165) is 16.9 Å². The van der Waals surface area contributed by atoms with Gasteiger partial charge >= 0.3 is 5.97 Å². The molecule has 0 spiro atoms. The molecule has 0 unspecified atom stereocenters. The molecule has 0 bridgehead atoms. The first-order valence-electron chi connectivity index (χ1n) is 8.21. The number of carboxylic acids is 1. The number of carboxylic acid groups (broad SMARTS) is 1. The van der Waals surface area contributed by atoms with Crippen molar-refractivity contribution in [1.29, 1.82) is 0 Å².